The van der Waals surface area contributed by atoms with E-state index >= 15 is 0 Å². The smallest absolute Gasteiger partial charge is 0.224 e. The maximum Gasteiger partial charge on any atom is 0.224 e. The van der Waals surface area contributed by atoms with E-state index in [0.717, 1.165) is 16.6 Å². The van der Waals surface area contributed by atoms with Crippen molar-refractivity contribution in [1.82, 2.24) is 9.97 Å². The third kappa shape index (κ3) is 1.25. The van der Waals surface area contributed by atoms with Crippen LogP contribution in [-0.2, 0) is 4.79 Å². The van der Waals surface area contributed by atoms with Crippen molar-refractivity contribution in [1.29, 1.82) is 0 Å². The molecule has 1 amide bonds. The molecule has 14 heavy (non-hydrogen) atoms. The third-order valence-corrected chi connectivity index (χ3v) is 2.39. The highest BCUT2D eigenvalue weighted by Gasteiger charge is 2.14. The van der Waals surface area contributed by atoms with Gasteiger partial charge in [0.1, 0.15) is 5.65 Å². The molecular formula is C10H11N3O. The molecule has 0 saturated carbocycles. The quantitative estimate of drug-likeness (QED) is 0.743. The van der Waals surface area contributed by atoms with Crippen LogP contribution in [0.5, 0.6) is 0 Å². The number of nitrogens with zero attached hydrogens (tertiary/aromatic N) is 1. The molecule has 0 aliphatic heterocycles. The van der Waals surface area contributed by atoms with Crippen LogP contribution >= 0.6 is 0 Å². The standard InChI is InChI=1S/C10H11N3O/c1-6(9(11)14)7-2-4-12-10-8(7)3-5-13-10/h2-6H,1H3,(H2,11,14)(H,12,13). The highest BCUT2D eigenvalue weighted by molar-refractivity contribution is 5.89. The molecule has 0 spiro atoms. The van der Waals surface area contributed by atoms with E-state index < -0.39 is 0 Å². The number of carbonyl (C=O) groups is 1. The maximum absolute atomic E-state index is 11.1. The van der Waals surface area contributed by atoms with Crippen LogP contribution in [0.1, 0.15) is 18.4 Å². The normalized spacial score (nSPS) is 12.9. The molecule has 3 N–H and O–H groups in total. The van der Waals surface area contributed by atoms with Crippen LogP contribution in [0.15, 0.2) is 24.5 Å². The first-order chi connectivity index (χ1) is 6.70. The van der Waals surface area contributed by atoms with Crippen LogP contribution in [0.2, 0.25) is 0 Å². The Hall–Kier alpha value is -1.84. The highest BCUT2D eigenvalue weighted by Crippen LogP contribution is 2.22. The summed E-state index contributed by atoms with van der Waals surface area (Å²) in [4.78, 5) is 18.2. The fraction of sp³-hybridized carbons (Fsp3) is 0.200. The number of pyridine rings is 1. The first kappa shape index (κ1) is 8.74. The molecule has 1 atom stereocenters. The summed E-state index contributed by atoms with van der Waals surface area (Å²) < 4.78 is 0. The predicted octanol–water partition coefficient (Wildman–Crippen LogP) is 1.15. The summed E-state index contributed by atoms with van der Waals surface area (Å²) in [6, 6.07) is 3.72. The number of amides is 1. The number of fused-ring (bicyclic) bond motifs is 1. The molecule has 2 rings (SSSR count). The van der Waals surface area contributed by atoms with Crippen LogP contribution < -0.4 is 5.73 Å². The lowest BCUT2D eigenvalue weighted by Gasteiger charge is -2.07. The van der Waals surface area contributed by atoms with Crippen molar-refractivity contribution in [3.8, 4) is 0 Å². The zero-order valence-electron chi connectivity index (χ0n) is 7.82. The number of aromatic amines is 1. The lowest BCUT2D eigenvalue weighted by molar-refractivity contribution is -0.119. The first-order valence-corrected chi connectivity index (χ1v) is 4.41. The van der Waals surface area contributed by atoms with Gasteiger partial charge in [0.05, 0.1) is 5.92 Å². The van der Waals surface area contributed by atoms with E-state index in [-0.39, 0.29) is 11.8 Å². The number of aromatic nitrogens is 2. The minimum absolute atomic E-state index is 0.281. The number of primary amides is 1. The van der Waals surface area contributed by atoms with E-state index in [1.165, 1.54) is 0 Å². The van der Waals surface area contributed by atoms with Gasteiger partial charge in [0.2, 0.25) is 5.91 Å². The van der Waals surface area contributed by atoms with Gasteiger partial charge in [-0.2, -0.15) is 0 Å². The molecule has 2 heterocycles. The van der Waals surface area contributed by atoms with Gasteiger partial charge in [-0.25, -0.2) is 4.98 Å². The monoisotopic (exact) mass is 189 g/mol. The second kappa shape index (κ2) is 3.14. The Morgan fingerprint density at radius 3 is 3.07 bits per heavy atom. The van der Waals surface area contributed by atoms with Gasteiger partial charge >= 0.3 is 0 Å². The summed E-state index contributed by atoms with van der Waals surface area (Å²) >= 11 is 0. The highest BCUT2D eigenvalue weighted by atomic mass is 16.1. The molecule has 0 aliphatic rings. The SMILES string of the molecule is CC(C(N)=O)c1ccnc2[nH]ccc12. The van der Waals surface area contributed by atoms with Gasteiger partial charge in [-0.1, -0.05) is 0 Å². The number of carbonyl (C=O) groups excluding carboxylic acids is 1. The molecule has 0 bridgehead atoms. The Bertz CT molecular complexity index is 475. The predicted molar refractivity (Wildman–Crippen MR) is 53.7 cm³/mol. The van der Waals surface area contributed by atoms with E-state index in [2.05, 4.69) is 9.97 Å². The minimum atomic E-state index is -0.321. The Balaban J connectivity index is 2.61. The van der Waals surface area contributed by atoms with E-state index in [4.69, 9.17) is 5.73 Å². The van der Waals surface area contributed by atoms with Gasteiger partial charge in [-0.15, -0.1) is 0 Å². The Morgan fingerprint density at radius 1 is 1.57 bits per heavy atom. The summed E-state index contributed by atoms with van der Waals surface area (Å²) in [5.74, 6) is -0.602. The molecule has 0 fully saturated rings. The number of H-pyrrole nitrogens is 1. The van der Waals surface area contributed by atoms with E-state index in [1.54, 1.807) is 19.3 Å². The Morgan fingerprint density at radius 2 is 2.36 bits per heavy atom. The van der Waals surface area contributed by atoms with Crippen LogP contribution in [-0.4, -0.2) is 15.9 Å². The molecule has 2 aromatic heterocycles. The summed E-state index contributed by atoms with van der Waals surface area (Å²) in [6.07, 6.45) is 3.47. The minimum Gasteiger partial charge on any atom is -0.369 e. The van der Waals surface area contributed by atoms with E-state index in [1.807, 2.05) is 12.1 Å². The topological polar surface area (TPSA) is 71.8 Å². The molecular weight excluding hydrogens is 178 g/mol. The summed E-state index contributed by atoms with van der Waals surface area (Å²) in [6.45, 7) is 1.80. The fourth-order valence-corrected chi connectivity index (χ4v) is 1.51. The van der Waals surface area contributed by atoms with Crippen LogP contribution in [0.4, 0.5) is 0 Å². The first-order valence-electron chi connectivity index (χ1n) is 4.41. The van der Waals surface area contributed by atoms with Crippen molar-refractivity contribution >= 4 is 16.9 Å². The van der Waals surface area contributed by atoms with E-state index in [0.29, 0.717) is 0 Å². The van der Waals surface area contributed by atoms with Crippen molar-refractivity contribution in [3.05, 3.63) is 30.1 Å². The van der Waals surface area contributed by atoms with Gasteiger partial charge in [0.15, 0.2) is 0 Å². The lowest BCUT2D eigenvalue weighted by Crippen LogP contribution is -2.18. The van der Waals surface area contributed by atoms with Gasteiger partial charge in [0.25, 0.3) is 0 Å². The molecule has 4 nitrogen and oxygen atoms in total. The number of rotatable bonds is 2. The Labute approximate surface area is 81.1 Å². The molecule has 4 heteroatoms. The second-order valence-electron chi connectivity index (χ2n) is 3.26. The summed E-state index contributed by atoms with van der Waals surface area (Å²) in [5.41, 5.74) is 6.97. The maximum atomic E-state index is 11.1. The zero-order valence-corrected chi connectivity index (χ0v) is 7.82. The molecule has 0 saturated heterocycles. The van der Waals surface area contributed by atoms with Crippen LogP contribution in [0.25, 0.3) is 11.0 Å². The number of hydrogen-bond donors (Lipinski definition) is 2. The zero-order chi connectivity index (χ0) is 10.1. The van der Waals surface area contributed by atoms with Crippen molar-refractivity contribution in [2.45, 2.75) is 12.8 Å². The van der Waals surface area contributed by atoms with Crippen molar-refractivity contribution in [3.63, 3.8) is 0 Å². The number of hydrogen-bond acceptors (Lipinski definition) is 2. The van der Waals surface area contributed by atoms with Gasteiger partial charge < -0.3 is 10.7 Å². The van der Waals surface area contributed by atoms with Crippen LogP contribution in [0, 0.1) is 0 Å². The number of nitrogens with two attached hydrogens (primary N) is 1. The molecule has 2 aromatic rings. The molecule has 0 aliphatic carbocycles. The van der Waals surface area contributed by atoms with Crippen LogP contribution in [0.3, 0.4) is 0 Å². The van der Waals surface area contributed by atoms with Gasteiger partial charge in [-0.05, 0) is 24.6 Å². The molecule has 1 unspecified atom stereocenters. The van der Waals surface area contributed by atoms with E-state index in [9.17, 15) is 4.79 Å². The summed E-state index contributed by atoms with van der Waals surface area (Å²) in [7, 11) is 0. The van der Waals surface area contributed by atoms with Crippen molar-refractivity contribution in [2.75, 3.05) is 0 Å². The Kier molecular flexibility index (Phi) is 1.96. The third-order valence-electron chi connectivity index (χ3n) is 2.39. The van der Waals surface area contributed by atoms with Gasteiger partial charge in [0, 0.05) is 17.8 Å². The second-order valence-corrected chi connectivity index (χ2v) is 3.26. The van der Waals surface area contributed by atoms with Gasteiger partial charge in [-0.3, -0.25) is 4.79 Å². The lowest BCUT2D eigenvalue weighted by atomic mass is 9.99. The molecule has 72 valence electrons. The molecule has 0 radical (unpaired) electrons. The number of nitrogens with one attached hydrogen (secondary N) is 1. The average Bonchev–Trinajstić information content (AvgIpc) is 2.63. The average molecular weight is 189 g/mol. The summed E-state index contributed by atoms with van der Waals surface area (Å²) in [5, 5.41) is 0.957. The largest absolute Gasteiger partial charge is 0.369 e. The molecule has 0 aromatic carbocycles. The van der Waals surface area contributed by atoms with Crippen molar-refractivity contribution in [2.24, 2.45) is 5.73 Å². The fourth-order valence-electron chi connectivity index (χ4n) is 1.51. The van der Waals surface area contributed by atoms with Crippen molar-refractivity contribution < 1.29 is 4.79 Å².